The maximum atomic E-state index is 12.1. The first-order valence-electron chi connectivity index (χ1n) is 7.30. The van der Waals surface area contributed by atoms with Crippen LogP contribution in [-0.2, 0) is 20.7 Å². The van der Waals surface area contributed by atoms with E-state index in [1.165, 1.54) is 6.07 Å². The van der Waals surface area contributed by atoms with E-state index in [0.29, 0.717) is 26.3 Å². The van der Waals surface area contributed by atoms with Gasteiger partial charge >= 0.3 is 5.97 Å². The summed E-state index contributed by atoms with van der Waals surface area (Å²) >= 11 is 0. The number of ether oxygens (including phenoxy) is 2. The summed E-state index contributed by atoms with van der Waals surface area (Å²) in [6, 6.07) is 6.48. The highest BCUT2D eigenvalue weighted by atomic mass is 16.5. The smallest absolute Gasteiger partial charge is 0.335 e. The van der Waals surface area contributed by atoms with E-state index in [2.05, 4.69) is 0 Å². The molecule has 6 nitrogen and oxygen atoms in total. The highest BCUT2D eigenvalue weighted by Gasteiger charge is 2.30. The van der Waals surface area contributed by atoms with Gasteiger partial charge in [0.1, 0.15) is 0 Å². The number of methoxy groups -OCH3 is 1. The highest BCUT2D eigenvalue weighted by molar-refractivity contribution is 5.88. The number of benzene rings is 1. The van der Waals surface area contributed by atoms with E-state index in [-0.39, 0.29) is 24.0 Å². The minimum absolute atomic E-state index is 0.000666. The molecule has 120 valence electrons. The zero-order valence-corrected chi connectivity index (χ0v) is 12.7. The lowest BCUT2D eigenvalue weighted by Crippen LogP contribution is -2.55. The number of carboxylic acid groups (broad SMARTS) is 1. The summed E-state index contributed by atoms with van der Waals surface area (Å²) < 4.78 is 10.6. The molecule has 1 fully saturated rings. The Bertz CT molecular complexity index is 525. The van der Waals surface area contributed by atoms with Crippen molar-refractivity contribution >= 4 is 11.9 Å². The maximum Gasteiger partial charge on any atom is 0.335 e. The van der Waals surface area contributed by atoms with Crippen LogP contribution in [0.4, 0.5) is 0 Å². The van der Waals surface area contributed by atoms with Crippen molar-refractivity contribution in [2.75, 3.05) is 33.4 Å². The van der Waals surface area contributed by atoms with E-state index in [1.54, 1.807) is 30.2 Å². The van der Waals surface area contributed by atoms with Crippen LogP contribution in [0.2, 0.25) is 0 Å². The first-order valence-corrected chi connectivity index (χ1v) is 7.30. The highest BCUT2D eigenvalue weighted by Crippen LogP contribution is 2.15. The maximum absolute atomic E-state index is 12.1. The predicted octanol–water partition coefficient (Wildman–Crippen LogP) is 1.19. The van der Waals surface area contributed by atoms with E-state index in [9.17, 15) is 9.59 Å². The molecule has 0 bridgehead atoms. The van der Waals surface area contributed by atoms with Gasteiger partial charge in [-0.25, -0.2) is 4.79 Å². The number of carbonyl (C=O) groups is 2. The number of amides is 1. The van der Waals surface area contributed by atoms with Crippen molar-refractivity contribution in [2.45, 2.75) is 18.9 Å². The quantitative estimate of drug-likeness (QED) is 0.730. The lowest BCUT2D eigenvalue weighted by atomic mass is 10.1. The average Bonchev–Trinajstić information content (AvgIpc) is 2.45. The van der Waals surface area contributed by atoms with Gasteiger partial charge in [0.2, 0.25) is 5.91 Å². The topological polar surface area (TPSA) is 76.1 Å². The summed E-state index contributed by atoms with van der Waals surface area (Å²) in [5, 5.41) is 8.94. The second-order valence-corrected chi connectivity index (χ2v) is 5.32. The van der Waals surface area contributed by atoms with Crippen molar-refractivity contribution in [2.24, 2.45) is 0 Å². The molecule has 22 heavy (non-hydrogen) atoms. The van der Waals surface area contributed by atoms with Crippen molar-refractivity contribution < 1.29 is 24.2 Å². The van der Waals surface area contributed by atoms with Crippen LogP contribution < -0.4 is 0 Å². The van der Waals surface area contributed by atoms with Gasteiger partial charge in [-0.05, 0) is 24.1 Å². The van der Waals surface area contributed by atoms with E-state index >= 15 is 0 Å². The molecule has 1 aliphatic heterocycles. The Balaban J connectivity index is 1.73. The van der Waals surface area contributed by atoms with Gasteiger partial charge in [-0.2, -0.15) is 0 Å². The molecule has 1 N–H and O–H groups in total. The molecule has 1 heterocycles. The molecular formula is C16H21NO5. The number of carbonyl (C=O) groups excluding carboxylic acids is 1. The van der Waals surface area contributed by atoms with E-state index in [0.717, 1.165) is 12.0 Å². The summed E-state index contributed by atoms with van der Waals surface area (Å²) in [6.07, 6.45) is 1.17. The zero-order valence-electron chi connectivity index (χ0n) is 12.7. The summed E-state index contributed by atoms with van der Waals surface area (Å²) in [5.41, 5.74) is 0.919. The number of carboxylic acids is 1. The van der Waals surface area contributed by atoms with Crippen LogP contribution in [-0.4, -0.2) is 61.4 Å². The number of hydrogen-bond acceptors (Lipinski definition) is 4. The zero-order chi connectivity index (χ0) is 15.9. The van der Waals surface area contributed by atoms with Gasteiger partial charge in [0.15, 0.2) is 0 Å². The van der Waals surface area contributed by atoms with Crippen LogP contribution in [0.15, 0.2) is 24.3 Å². The number of likely N-dealkylation sites (tertiary alicyclic amines) is 1. The second kappa shape index (κ2) is 7.91. The van der Waals surface area contributed by atoms with E-state index < -0.39 is 5.97 Å². The van der Waals surface area contributed by atoms with Gasteiger partial charge < -0.3 is 19.5 Å². The average molecular weight is 307 g/mol. The molecular weight excluding hydrogens is 286 g/mol. The van der Waals surface area contributed by atoms with Crippen molar-refractivity contribution in [1.29, 1.82) is 0 Å². The fraction of sp³-hybridized carbons (Fsp3) is 0.500. The first kappa shape index (κ1) is 16.5. The summed E-state index contributed by atoms with van der Waals surface area (Å²) in [6.45, 7) is 2.52. The molecule has 6 heteroatoms. The molecule has 0 spiro atoms. The van der Waals surface area contributed by atoms with Crippen molar-refractivity contribution in [3.8, 4) is 0 Å². The lowest BCUT2D eigenvalue weighted by Gasteiger charge is -2.39. The SMILES string of the molecule is COCCCOC1CN(C(=O)Cc2cccc(C(=O)O)c2)C1. The largest absolute Gasteiger partial charge is 0.478 e. The summed E-state index contributed by atoms with van der Waals surface area (Å²) in [7, 11) is 1.66. The number of aromatic carboxylic acids is 1. The molecule has 1 amide bonds. The van der Waals surface area contributed by atoms with Gasteiger partial charge in [0.05, 0.1) is 18.1 Å². The standard InChI is InChI=1S/C16H21NO5/c1-21-6-3-7-22-14-10-17(11-14)15(18)9-12-4-2-5-13(8-12)16(19)20/h2,4-5,8,14H,3,6-7,9-11H2,1H3,(H,19,20). The second-order valence-electron chi connectivity index (χ2n) is 5.32. The van der Waals surface area contributed by atoms with E-state index in [4.69, 9.17) is 14.6 Å². The van der Waals surface area contributed by atoms with Gasteiger partial charge in [-0.1, -0.05) is 12.1 Å². The molecule has 0 aromatic heterocycles. The number of hydrogen-bond donors (Lipinski definition) is 1. The summed E-state index contributed by atoms with van der Waals surface area (Å²) in [4.78, 5) is 24.7. The van der Waals surface area contributed by atoms with Gasteiger partial charge in [0.25, 0.3) is 0 Å². The Morgan fingerprint density at radius 1 is 1.32 bits per heavy atom. The molecule has 1 aromatic rings. The van der Waals surface area contributed by atoms with Gasteiger partial charge in [-0.3, -0.25) is 4.79 Å². The van der Waals surface area contributed by atoms with Crippen LogP contribution in [0.1, 0.15) is 22.3 Å². The third-order valence-electron chi connectivity index (χ3n) is 3.58. The molecule has 0 saturated carbocycles. The molecule has 0 atom stereocenters. The first-order chi connectivity index (χ1) is 10.6. The summed E-state index contributed by atoms with van der Waals surface area (Å²) in [5.74, 6) is -0.984. The fourth-order valence-corrected chi connectivity index (χ4v) is 2.30. The Morgan fingerprint density at radius 3 is 2.77 bits per heavy atom. The van der Waals surface area contributed by atoms with Gasteiger partial charge in [-0.15, -0.1) is 0 Å². The van der Waals surface area contributed by atoms with Crippen molar-refractivity contribution in [1.82, 2.24) is 4.90 Å². The Hall–Kier alpha value is -1.92. The third-order valence-corrected chi connectivity index (χ3v) is 3.58. The lowest BCUT2D eigenvalue weighted by molar-refractivity contribution is -0.144. The monoisotopic (exact) mass is 307 g/mol. The normalized spacial score (nSPS) is 14.7. The van der Waals surface area contributed by atoms with Crippen molar-refractivity contribution in [3.63, 3.8) is 0 Å². The Kier molecular flexibility index (Phi) is 5.91. The molecule has 1 saturated heterocycles. The van der Waals surface area contributed by atoms with Crippen molar-refractivity contribution in [3.05, 3.63) is 35.4 Å². The van der Waals surface area contributed by atoms with Crippen LogP contribution >= 0.6 is 0 Å². The predicted molar refractivity (Wildman–Crippen MR) is 79.9 cm³/mol. The Labute approximate surface area is 129 Å². The molecule has 2 rings (SSSR count). The van der Waals surface area contributed by atoms with Gasteiger partial charge in [0, 0.05) is 33.4 Å². The minimum atomic E-state index is -0.984. The molecule has 0 radical (unpaired) electrons. The van der Waals surface area contributed by atoms with Crippen LogP contribution in [0.25, 0.3) is 0 Å². The Morgan fingerprint density at radius 2 is 2.09 bits per heavy atom. The third kappa shape index (κ3) is 4.54. The van der Waals surface area contributed by atoms with Crippen LogP contribution in [0.5, 0.6) is 0 Å². The number of rotatable bonds is 8. The molecule has 0 unspecified atom stereocenters. The van der Waals surface area contributed by atoms with Crippen LogP contribution in [0, 0.1) is 0 Å². The number of nitrogens with zero attached hydrogens (tertiary/aromatic N) is 1. The fourth-order valence-electron chi connectivity index (χ4n) is 2.30. The molecule has 0 aliphatic carbocycles. The van der Waals surface area contributed by atoms with Crippen LogP contribution in [0.3, 0.4) is 0 Å². The molecule has 1 aliphatic rings. The van der Waals surface area contributed by atoms with E-state index in [1.807, 2.05) is 0 Å². The minimum Gasteiger partial charge on any atom is -0.478 e. The molecule has 1 aromatic carbocycles.